The van der Waals surface area contributed by atoms with E-state index in [1.807, 2.05) is 50.0 Å². The Morgan fingerprint density at radius 1 is 0.667 bits per heavy atom. The van der Waals surface area contributed by atoms with E-state index in [0.29, 0.717) is 0 Å². The maximum absolute atomic E-state index is 10.1. The maximum atomic E-state index is 10.1. The van der Waals surface area contributed by atoms with Crippen molar-refractivity contribution in [2.45, 2.75) is 13.8 Å². The molecule has 0 aliphatic heterocycles. The fourth-order valence-electron chi connectivity index (χ4n) is 1.53. The molecule has 0 heterocycles. The van der Waals surface area contributed by atoms with Crippen LogP contribution in [0.1, 0.15) is 22.3 Å². The molecule has 2 N–H and O–H groups in total. The molecule has 0 fully saturated rings. The fourth-order valence-corrected chi connectivity index (χ4v) is 1.53. The van der Waals surface area contributed by atoms with E-state index in [2.05, 4.69) is 11.8 Å². The predicted octanol–water partition coefficient (Wildman–Crippen LogP) is 2.86. The molecule has 0 amide bonds. The van der Waals surface area contributed by atoms with Crippen LogP contribution in [0.25, 0.3) is 0 Å². The predicted molar refractivity (Wildman–Crippen MR) is 91.4 cm³/mol. The Morgan fingerprint density at radius 2 is 0.958 bits per heavy atom. The summed E-state index contributed by atoms with van der Waals surface area (Å²) in [5, 5.41) is 16.5. The number of aliphatic carboxylic acids is 2. The lowest BCUT2D eigenvalue weighted by Gasteiger charge is -1.90. The third-order valence-corrected chi connectivity index (χ3v) is 2.73. The molecular formula is C20H16O4. The molecule has 2 aromatic carbocycles. The molecule has 2 rings (SSSR count). The highest BCUT2D eigenvalue weighted by Crippen LogP contribution is 2.01. The fraction of sp³-hybridized carbons (Fsp3) is 0.100. The lowest BCUT2D eigenvalue weighted by atomic mass is 10.2. The number of hydrogen-bond donors (Lipinski definition) is 2. The van der Waals surface area contributed by atoms with Gasteiger partial charge in [0.2, 0.25) is 0 Å². The zero-order valence-electron chi connectivity index (χ0n) is 13.3. The zero-order chi connectivity index (χ0) is 17.9. The highest BCUT2D eigenvalue weighted by Gasteiger charge is 1.88. The summed E-state index contributed by atoms with van der Waals surface area (Å²) in [6.07, 6.45) is 0. The summed E-state index contributed by atoms with van der Waals surface area (Å²) < 4.78 is 0. The van der Waals surface area contributed by atoms with Gasteiger partial charge in [-0.3, -0.25) is 0 Å². The van der Waals surface area contributed by atoms with E-state index in [-0.39, 0.29) is 0 Å². The van der Waals surface area contributed by atoms with Crippen LogP contribution in [0.5, 0.6) is 0 Å². The van der Waals surface area contributed by atoms with Gasteiger partial charge in [0.1, 0.15) is 0 Å². The van der Waals surface area contributed by atoms with Crippen LogP contribution in [-0.4, -0.2) is 22.2 Å². The molecular weight excluding hydrogens is 304 g/mol. The van der Waals surface area contributed by atoms with Gasteiger partial charge in [0.05, 0.1) is 0 Å². The Labute approximate surface area is 140 Å². The minimum absolute atomic E-state index is 0.725. The highest BCUT2D eigenvalue weighted by atomic mass is 16.4. The van der Waals surface area contributed by atoms with Gasteiger partial charge in [0.25, 0.3) is 0 Å². The maximum Gasteiger partial charge on any atom is 0.382 e. The van der Waals surface area contributed by atoms with Crippen molar-refractivity contribution < 1.29 is 19.8 Å². The van der Waals surface area contributed by atoms with Crippen molar-refractivity contribution in [1.82, 2.24) is 0 Å². The molecule has 4 heteroatoms. The van der Waals surface area contributed by atoms with Gasteiger partial charge in [-0.2, -0.15) is 0 Å². The van der Waals surface area contributed by atoms with Crippen molar-refractivity contribution in [3.05, 3.63) is 70.8 Å². The molecule has 24 heavy (non-hydrogen) atoms. The lowest BCUT2D eigenvalue weighted by molar-refractivity contribution is -0.131. The summed E-state index contributed by atoms with van der Waals surface area (Å²) in [7, 11) is 0. The van der Waals surface area contributed by atoms with Gasteiger partial charge in [-0.25, -0.2) is 9.59 Å². The van der Waals surface area contributed by atoms with E-state index in [1.54, 1.807) is 24.3 Å². The minimum atomic E-state index is -1.10. The minimum Gasteiger partial charge on any atom is -0.472 e. The first-order chi connectivity index (χ1) is 11.4. The van der Waals surface area contributed by atoms with E-state index < -0.39 is 11.9 Å². The van der Waals surface area contributed by atoms with Gasteiger partial charge in [-0.15, -0.1) is 0 Å². The largest absolute Gasteiger partial charge is 0.472 e. The zero-order valence-corrected chi connectivity index (χ0v) is 13.3. The first kappa shape index (κ1) is 18.5. The summed E-state index contributed by atoms with van der Waals surface area (Å²) in [6, 6.07) is 14.8. The van der Waals surface area contributed by atoms with Crippen LogP contribution >= 0.6 is 0 Å². The number of carboxylic acid groups (broad SMARTS) is 2. The van der Waals surface area contributed by atoms with E-state index in [9.17, 15) is 9.59 Å². The molecule has 0 bridgehead atoms. The molecule has 0 saturated heterocycles. The SMILES string of the molecule is Cc1ccc(C#CC(=O)O)cc1.Cc1ccc(C#CC(=O)O)cc1. The van der Waals surface area contributed by atoms with Gasteiger partial charge >= 0.3 is 11.9 Å². The molecule has 4 nitrogen and oxygen atoms in total. The van der Waals surface area contributed by atoms with Crippen molar-refractivity contribution in [3.63, 3.8) is 0 Å². The number of benzene rings is 2. The third kappa shape index (κ3) is 8.07. The standard InChI is InChI=1S/2C10H8O2/c2*1-8-2-4-9(5-3-8)6-7-10(11)12/h2*2-5H,1H3,(H,11,12). The van der Waals surface area contributed by atoms with Crippen molar-refractivity contribution in [2.75, 3.05) is 0 Å². The average Bonchev–Trinajstić information content (AvgIpc) is 2.54. The van der Waals surface area contributed by atoms with Crippen LogP contribution in [0.2, 0.25) is 0 Å². The number of carbonyl (C=O) groups is 2. The molecule has 0 aliphatic rings. The normalized spacial score (nSPS) is 8.42. The molecule has 0 aliphatic carbocycles. The Hall–Kier alpha value is -3.50. The van der Waals surface area contributed by atoms with Crippen LogP contribution in [0.15, 0.2) is 48.5 Å². The first-order valence-electron chi connectivity index (χ1n) is 7.00. The number of rotatable bonds is 0. The summed E-state index contributed by atoms with van der Waals surface area (Å²) in [5.74, 6) is 6.94. The van der Waals surface area contributed by atoms with E-state index in [0.717, 1.165) is 22.3 Å². The molecule has 2 aromatic rings. The molecule has 0 unspecified atom stereocenters. The van der Waals surface area contributed by atoms with Crippen LogP contribution in [-0.2, 0) is 9.59 Å². The molecule has 0 radical (unpaired) electrons. The van der Waals surface area contributed by atoms with Crippen LogP contribution < -0.4 is 0 Å². The third-order valence-electron chi connectivity index (χ3n) is 2.73. The van der Waals surface area contributed by atoms with E-state index in [1.165, 1.54) is 0 Å². The second kappa shape index (κ2) is 9.50. The summed E-state index contributed by atoms with van der Waals surface area (Å²) >= 11 is 0. The monoisotopic (exact) mass is 320 g/mol. The average molecular weight is 320 g/mol. The number of hydrogen-bond acceptors (Lipinski definition) is 2. The Kier molecular flexibility index (Phi) is 7.34. The molecule has 0 saturated carbocycles. The van der Waals surface area contributed by atoms with E-state index in [4.69, 9.17) is 10.2 Å². The summed E-state index contributed by atoms with van der Waals surface area (Å²) in [4.78, 5) is 20.1. The molecule has 0 atom stereocenters. The quantitative estimate of drug-likeness (QED) is 0.732. The van der Waals surface area contributed by atoms with Crippen LogP contribution in [0.3, 0.4) is 0 Å². The first-order valence-corrected chi connectivity index (χ1v) is 7.00. The van der Waals surface area contributed by atoms with E-state index >= 15 is 0 Å². The van der Waals surface area contributed by atoms with Gasteiger partial charge in [-0.05, 0) is 38.1 Å². The van der Waals surface area contributed by atoms with Gasteiger partial charge in [0, 0.05) is 23.0 Å². The molecule has 0 spiro atoms. The Morgan fingerprint density at radius 3 is 1.21 bits per heavy atom. The summed E-state index contributed by atoms with van der Waals surface area (Å²) in [6.45, 7) is 3.93. The highest BCUT2D eigenvalue weighted by molar-refractivity contribution is 5.87. The second-order valence-corrected chi connectivity index (χ2v) is 4.84. The van der Waals surface area contributed by atoms with Crippen molar-refractivity contribution in [2.24, 2.45) is 0 Å². The van der Waals surface area contributed by atoms with Gasteiger partial charge < -0.3 is 10.2 Å². The molecule has 120 valence electrons. The lowest BCUT2D eigenvalue weighted by Crippen LogP contribution is -1.87. The van der Waals surface area contributed by atoms with Crippen molar-refractivity contribution >= 4 is 11.9 Å². The topological polar surface area (TPSA) is 74.6 Å². The number of carboxylic acids is 2. The Balaban J connectivity index is 0.000000240. The van der Waals surface area contributed by atoms with Crippen molar-refractivity contribution in [3.8, 4) is 23.7 Å². The van der Waals surface area contributed by atoms with Gasteiger partial charge in [0.15, 0.2) is 0 Å². The smallest absolute Gasteiger partial charge is 0.382 e. The van der Waals surface area contributed by atoms with Gasteiger partial charge in [-0.1, -0.05) is 47.2 Å². The van der Waals surface area contributed by atoms with Crippen LogP contribution in [0, 0.1) is 37.5 Å². The Bertz CT molecular complexity index is 750. The van der Waals surface area contributed by atoms with Crippen LogP contribution in [0.4, 0.5) is 0 Å². The second-order valence-electron chi connectivity index (χ2n) is 4.84. The summed E-state index contributed by atoms with van der Waals surface area (Å²) in [5.41, 5.74) is 3.72. The molecule has 0 aromatic heterocycles. The van der Waals surface area contributed by atoms with Crippen molar-refractivity contribution in [1.29, 1.82) is 0 Å². The number of aryl methyl sites for hydroxylation is 2.